The Morgan fingerprint density at radius 3 is 2.39 bits per heavy atom. The van der Waals surface area contributed by atoms with Crippen molar-refractivity contribution in [2.45, 2.75) is 37.5 Å². The maximum Gasteiger partial charge on any atom is 0.253 e. The first kappa shape index (κ1) is 19.7. The van der Waals surface area contributed by atoms with Crippen molar-refractivity contribution in [2.75, 3.05) is 20.1 Å². The third-order valence-electron chi connectivity index (χ3n) is 6.50. The third-order valence-corrected chi connectivity index (χ3v) is 6.50. The van der Waals surface area contributed by atoms with Gasteiger partial charge in [0.05, 0.1) is 16.6 Å². The quantitative estimate of drug-likeness (QED) is 0.707. The van der Waals surface area contributed by atoms with Gasteiger partial charge in [-0.1, -0.05) is 18.2 Å². The van der Waals surface area contributed by atoms with E-state index in [0.717, 1.165) is 53.7 Å². The zero-order valence-corrected chi connectivity index (χ0v) is 18.0. The van der Waals surface area contributed by atoms with E-state index in [1.165, 1.54) is 0 Å². The number of aryl methyl sites for hydroxylation is 1. The van der Waals surface area contributed by atoms with Crippen LogP contribution in [0, 0.1) is 0 Å². The van der Waals surface area contributed by atoms with E-state index in [-0.39, 0.29) is 17.7 Å². The molecule has 31 heavy (non-hydrogen) atoms. The SMILES string of the molecule is CNC(=O)c1cc(C2CC2)nc2c1c(C1CCN(C(=O)c3ccccc3)CC1)nn2C. The zero-order valence-electron chi connectivity index (χ0n) is 18.0. The molecule has 1 saturated heterocycles. The molecule has 0 unspecified atom stereocenters. The summed E-state index contributed by atoms with van der Waals surface area (Å²) in [5.41, 5.74) is 4.09. The maximum atomic E-state index is 12.8. The van der Waals surface area contributed by atoms with E-state index in [0.29, 0.717) is 24.6 Å². The fraction of sp³-hybridized carbons (Fsp3) is 0.417. The number of piperidine rings is 1. The summed E-state index contributed by atoms with van der Waals surface area (Å²) in [4.78, 5) is 32.3. The van der Waals surface area contributed by atoms with E-state index in [4.69, 9.17) is 10.1 Å². The van der Waals surface area contributed by atoms with Crippen molar-refractivity contribution in [3.8, 4) is 0 Å². The van der Waals surface area contributed by atoms with Crippen molar-refractivity contribution in [1.82, 2.24) is 25.0 Å². The van der Waals surface area contributed by atoms with Crippen LogP contribution in [0.3, 0.4) is 0 Å². The highest BCUT2D eigenvalue weighted by molar-refractivity contribution is 6.06. The van der Waals surface area contributed by atoms with Gasteiger partial charge in [0.1, 0.15) is 0 Å². The van der Waals surface area contributed by atoms with Crippen LogP contribution in [-0.4, -0.2) is 51.6 Å². The van der Waals surface area contributed by atoms with Gasteiger partial charge in [-0.2, -0.15) is 5.10 Å². The molecular weight excluding hydrogens is 390 g/mol. The number of carbonyl (C=O) groups is 2. The zero-order chi connectivity index (χ0) is 21.5. The summed E-state index contributed by atoms with van der Waals surface area (Å²) in [7, 11) is 3.56. The number of aromatic nitrogens is 3. The Kier molecular flexibility index (Phi) is 4.96. The largest absolute Gasteiger partial charge is 0.355 e. The number of carbonyl (C=O) groups excluding carboxylic acids is 2. The van der Waals surface area contributed by atoms with Crippen LogP contribution in [0.15, 0.2) is 36.4 Å². The molecule has 3 aromatic rings. The average molecular weight is 418 g/mol. The molecule has 0 atom stereocenters. The molecule has 2 fully saturated rings. The minimum Gasteiger partial charge on any atom is -0.355 e. The molecule has 0 bridgehead atoms. The standard InChI is InChI=1S/C24H27N5O2/c1-25-23(30)18-14-19(15-8-9-15)26-22-20(18)21(27-28(22)2)16-10-12-29(13-11-16)24(31)17-6-4-3-5-7-17/h3-7,14-16H,8-13H2,1-2H3,(H,25,30). The molecule has 3 heterocycles. The van der Waals surface area contributed by atoms with Gasteiger partial charge >= 0.3 is 0 Å². The summed E-state index contributed by atoms with van der Waals surface area (Å²) >= 11 is 0. The fourth-order valence-electron chi connectivity index (χ4n) is 4.60. The highest BCUT2D eigenvalue weighted by atomic mass is 16.2. The van der Waals surface area contributed by atoms with Gasteiger partial charge in [0.15, 0.2) is 5.65 Å². The third kappa shape index (κ3) is 3.58. The van der Waals surface area contributed by atoms with Gasteiger partial charge in [-0.15, -0.1) is 0 Å². The van der Waals surface area contributed by atoms with Gasteiger partial charge in [-0.3, -0.25) is 14.3 Å². The van der Waals surface area contributed by atoms with Crippen LogP contribution in [0.2, 0.25) is 0 Å². The van der Waals surface area contributed by atoms with Crippen LogP contribution in [0.5, 0.6) is 0 Å². The van der Waals surface area contributed by atoms with E-state index in [9.17, 15) is 9.59 Å². The first-order valence-electron chi connectivity index (χ1n) is 11.0. The number of rotatable bonds is 4. The molecule has 1 N–H and O–H groups in total. The Balaban J connectivity index is 1.44. The van der Waals surface area contributed by atoms with Gasteiger partial charge in [0.25, 0.3) is 11.8 Å². The van der Waals surface area contributed by atoms with Crippen molar-refractivity contribution in [3.05, 3.63) is 58.9 Å². The van der Waals surface area contributed by atoms with Gasteiger partial charge in [0, 0.05) is 50.3 Å². The Morgan fingerprint density at radius 1 is 1.03 bits per heavy atom. The van der Waals surface area contributed by atoms with E-state index < -0.39 is 0 Å². The molecule has 1 saturated carbocycles. The van der Waals surface area contributed by atoms with Gasteiger partial charge in [-0.05, 0) is 43.9 Å². The number of nitrogens with one attached hydrogen (secondary N) is 1. The van der Waals surface area contributed by atoms with Crippen molar-refractivity contribution in [3.63, 3.8) is 0 Å². The van der Waals surface area contributed by atoms with Crippen LogP contribution in [0.4, 0.5) is 0 Å². The monoisotopic (exact) mass is 417 g/mol. The summed E-state index contributed by atoms with van der Waals surface area (Å²) < 4.78 is 1.81. The van der Waals surface area contributed by atoms with Crippen LogP contribution in [0.1, 0.15) is 69.6 Å². The molecule has 7 nitrogen and oxygen atoms in total. The number of likely N-dealkylation sites (tertiary alicyclic amines) is 1. The number of hydrogen-bond donors (Lipinski definition) is 1. The Labute approximate surface area is 181 Å². The lowest BCUT2D eigenvalue weighted by Gasteiger charge is -2.31. The molecule has 0 spiro atoms. The van der Waals surface area contributed by atoms with Crippen molar-refractivity contribution >= 4 is 22.8 Å². The average Bonchev–Trinajstić information content (AvgIpc) is 3.62. The molecular formula is C24H27N5O2. The Hall–Kier alpha value is -3.22. The van der Waals surface area contributed by atoms with E-state index in [2.05, 4.69) is 5.32 Å². The number of nitrogens with zero attached hydrogens (tertiary/aromatic N) is 4. The molecule has 2 aliphatic rings. The molecule has 1 aliphatic heterocycles. The lowest BCUT2D eigenvalue weighted by atomic mass is 9.90. The molecule has 160 valence electrons. The Bertz CT molecular complexity index is 1140. The lowest BCUT2D eigenvalue weighted by Crippen LogP contribution is -2.38. The van der Waals surface area contributed by atoms with E-state index in [1.54, 1.807) is 7.05 Å². The van der Waals surface area contributed by atoms with Crippen LogP contribution in [0.25, 0.3) is 11.0 Å². The first-order valence-corrected chi connectivity index (χ1v) is 11.0. The molecule has 1 aliphatic carbocycles. The van der Waals surface area contributed by atoms with Crippen LogP contribution >= 0.6 is 0 Å². The minimum atomic E-state index is -0.0970. The second-order valence-electron chi connectivity index (χ2n) is 8.59. The summed E-state index contributed by atoms with van der Waals surface area (Å²) in [6, 6.07) is 11.4. The molecule has 5 rings (SSSR count). The number of amides is 2. The maximum absolute atomic E-state index is 12.8. The predicted octanol–water partition coefficient (Wildman–Crippen LogP) is 3.23. The number of pyridine rings is 1. The van der Waals surface area contributed by atoms with Gasteiger partial charge in [-0.25, -0.2) is 4.98 Å². The van der Waals surface area contributed by atoms with Crippen molar-refractivity contribution < 1.29 is 9.59 Å². The highest BCUT2D eigenvalue weighted by Crippen LogP contribution is 2.41. The topological polar surface area (TPSA) is 80.1 Å². The van der Waals surface area contributed by atoms with Crippen molar-refractivity contribution in [1.29, 1.82) is 0 Å². The minimum absolute atomic E-state index is 0.0757. The fourth-order valence-corrected chi connectivity index (χ4v) is 4.60. The predicted molar refractivity (Wildman–Crippen MR) is 118 cm³/mol. The Morgan fingerprint density at radius 2 is 1.74 bits per heavy atom. The molecule has 0 radical (unpaired) electrons. The summed E-state index contributed by atoms with van der Waals surface area (Å²) in [6.07, 6.45) is 3.90. The van der Waals surface area contributed by atoms with Crippen LogP contribution in [-0.2, 0) is 7.05 Å². The number of benzene rings is 1. The van der Waals surface area contributed by atoms with E-state index >= 15 is 0 Å². The summed E-state index contributed by atoms with van der Waals surface area (Å²) in [6.45, 7) is 1.36. The van der Waals surface area contributed by atoms with Crippen LogP contribution < -0.4 is 5.32 Å². The van der Waals surface area contributed by atoms with Crippen molar-refractivity contribution in [2.24, 2.45) is 7.05 Å². The number of fused-ring (bicyclic) bond motifs is 1. The lowest BCUT2D eigenvalue weighted by molar-refractivity contribution is 0.0712. The molecule has 1 aromatic carbocycles. The van der Waals surface area contributed by atoms with Gasteiger partial charge in [0.2, 0.25) is 0 Å². The molecule has 7 heteroatoms. The number of hydrogen-bond acceptors (Lipinski definition) is 4. The normalized spacial score (nSPS) is 17.2. The van der Waals surface area contributed by atoms with E-state index in [1.807, 2.05) is 53.0 Å². The van der Waals surface area contributed by atoms with Gasteiger partial charge < -0.3 is 10.2 Å². The highest BCUT2D eigenvalue weighted by Gasteiger charge is 2.32. The molecule has 2 amide bonds. The first-order chi connectivity index (χ1) is 15.1. The summed E-state index contributed by atoms with van der Waals surface area (Å²) in [5, 5.41) is 8.45. The summed E-state index contributed by atoms with van der Waals surface area (Å²) in [5.74, 6) is 0.630. The molecule has 2 aromatic heterocycles. The second-order valence-corrected chi connectivity index (χ2v) is 8.59. The second kappa shape index (κ2) is 7.80. The smallest absolute Gasteiger partial charge is 0.253 e.